The Labute approximate surface area is 356 Å². The predicted molar refractivity (Wildman–Crippen MR) is 240 cm³/mol. The number of fused-ring (bicyclic) bond motifs is 2. The smallest absolute Gasteiger partial charge is 0.0798 e. The van der Waals surface area contributed by atoms with E-state index >= 15 is 0 Å². The fourth-order valence-electron chi connectivity index (χ4n) is 7.04. The van der Waals surface area contributed by atoms with E-state index in [4.69, 9.17) is 9.10 Å². The third-order valence-corrected chi connectivity index (χ3v) is 12.9. The van der Waals surface area contributed by atoms with Crippen LogP contribution in [0, 0.1) is 24.2 Å². The van der Waals surface area contributed by atoms with Crippen molar-refractivity contribution >= 4 is 45.7 Å². The summed E-state index contributed by atoms with van der Waals surface area (Å²) in [6.45, 7) is 16.2. The Balaban J connectivity index is 0.000000236. The van der Waals surface area contributed by atoms with Crippen molar-refractivity contribution in [1.82, 2.24) is 14.5 Å². The van der Waals surface area contributed by atoms with E-state index in [-0.39, 0.29) is 25.5 Å². The minimum Gasteiger partial charge on any atom is -0.333 e. The van der Waals surface area contributed by atoms with Gasteiger partial charge in [0.15, 0.2) is 0 Å². The minimum atomic E-state index is -2.17. The van der Waals surface area contributed by atoms with Crippen molar-refractivity contribution in [2.75, 3.05) is 0 Å². The van der Waals surface area contributed by atoms with E-state index in [0.717, 1.165) is 61.4 Å². The van der Waals surface area contributed by atoms with E-state index < -0.39 is 14.9 Å². The van der Waals surface area contributed by atoms with Crippen LogP contribution in [-0.2, 0) is 31.9 Å². The van der Waals surface area contributed by atoms with Crippen LogP contribution in [0.2, 0.25) is 19.6 Å². The SMILES string of the molecule is CC(C)Cc1cc(-c2[c-]cccc2)ncc1[Si](C)(C)C.[2H]C([2H])([2H])c1ccc2s[c-]c(-c3nc4ccccc4n3-c3ccc(-c4ccc(C(C)(C)C)cc4)cc3)c2c1.[Ir]. The summed E-state index contributed by atoms with van der Waals surface area (Å²) in [6.07, 6.45) is 3.24. The first-order valence-electron chi connectivity index (χ1n) is 20.6. The van der Waals surface area contributed by atoms with E-state index in [0.29, 0.717) is 11.5 Å². The monoisotopic (exact) mass is 949 g/mol. The van der Waals surface area contributed by atoms with Crippen molar-refractivity contribution in [3.63, 3.8) is 0 Å². The number of thiophene rings is 1. The zero-order chi connectivity index (χ0) is 41.4. The Bertz CT molecular complexity index is 2670. The van der Waals surface area contributed by atoms with Gasteiger partial charge in [-0.25, -0.2) is 0 Å². The summed E-state index contributed by atoms with van der Waals surface area (Å²) in [7, 11) is -1.34. The standard InChI is InChI=1S/C32H27N2S.C18H24NSi.Ir/c1-21-9-18-30-26(19-21)27(20-35-30)31-33-28-7-5-6-8-29(28)34(31)25-16-12-23(13-17-25)22-10-14-24(15-11-22)32(2,3)4;1-14(2)11-16-12-17(15-9-7-6-8-10-15)19-13-18(16)20(3,4)5;/h5-19H,1-4H3;6-9,12-14H,11H2,1-5H3;/q2*-1;/i1D3;;. The van der Waals surface area contributed by atoms with E-state index in [1.54, 1.807) is 12.1 Å². The summed E-state index contributed by atoms with van der Waals surface area (Å²) in [5, 5.41) is 5.76. The molecule has 0 unspecified atom stereocenters. The summed E-state index contributed by atoms with van der Waals surface area (Å²) in [6, 6.07) is 44.3. The fraction of sp³-hybridized carbons (Fsp3) is 0.240. The molecule has 8 aromatic rings. The molecule has 0 amide bonds. The van der Waals surface area contributed by atoms with Crippen molar-refractivity contribution in [1.29, 1.82) is 0 Å². The zero-order valence-corrected chi connectivity index (χ0v) is 37.7. The Hall–Kier alpha value is -4.45. The van der Waals surface area contributed by atoms with Gasteiger partial charge in [0.05, 0.1) is 24.9 Å². The van der Waals surface area contributed by atoms with Crippen LogP contribution in [0.5, 0.6) is 0 Å². The molecule has 287 valence electrons. The Morgan fingerprint density at radius 3 is 2.18 bits per heavy atom. The maximum Gasteiger partial charge on any atom is 0.0798 e. The van der Waals surface area contributed by atoms with Crippen LogP contribution in [0.1, 0.15) is 55.4 Å². The van der Waals surface area contributed by atoms with Crippen molar-refractivity contribution in [2.45, 2.75) is 72.9 Å². The first-order valence-corrected chi connectivity index (χ1v) is 23.4. The molecule has 8 rings (SSSR count). The molecule has 0 saturated carbocycles. The molecule has 56 heavy (non-hydrogen) atoms. The van der Waals surface area contributed by atoms with Gasteiger partial charge in [-0.3, -0.25) is 16.3 Å². The summed E-state index contributed by atoms with van der Waals surface area (Å²) in [5.41, 5.74) is 11.4. The van der Waals surface area contributed by atoms with Gasteiger partial charge < -0.3 is 9.55 Å². The Morgan fingerprint density at radius 2 is 1.54 bits per heavy atom. The van der Waals surface area contributed by atoms with Crippen LogP contribution in [0.3, 0.4) is 0 Å². The number of benzene rings is 5. The van der Waals surface area contributed by atoms with Crippen LogP contribution >= 0.6 is 11.3 Å². The molecule has 3 aromatic heterocycles. The molecular weight excluding hydrogens is 895 g/mol. The Morgan fingerprint density at radius 1 is 0.839 bits per heavy atom. The maximum atomic E-state index is 7.88. The Kier molecular flexibility index (Phi) is 11.2. The third-order valence-electron chi connectivity index (χ3n) is 9.92. The summed E-state index contributed by atoms with van der Waals surface area (Å²) in [4.78, 5) is 9.67. The van der Waals surface area contributed by atoms with Gasteiger partial charge in [0.1, 0.15) is 0 Å². The van der Waals surface area contributed by atoms with Crippen LogP contribution in [0.4, 0.5) is 0 Å². The number of aromatic nitrogens is 3. The number of aryl methyl sites for hydroxylation is 1. The van der Waals surface area contributed by atoms with Crippen molar-refractivity contribution in [3.8, 4) is 39.5 Å². The van der Waals surface area contributed by atoms with E-state index in [2.05, 4.69) is 148 Å². The van der Waals surface area contributed by atoms with Crippen LogP contribution < -0.4 is 5.19 Å². The third kappa shape index (κ3) is 9.06. The molecule has 0 fully saturated rings. The molecule has 0 aliphatic heterocycles. The quantitative estimate of drug-likeness (QED) is 0.118. The second-order valence-corrected chi connectivity index (χ2v) is 22.7. The van der Waals surface area contributed by atoms with Crippen LogP contribution in [0.25, 0.3) is 60.6 Å². The van der Waals surface area contributed by atoms with Crippen molar-refractivity contribution in [2.24, 2.45) is 5.92 Å². The average molecular weight is 949 g/mol. The largest absolute Gasteiger partial charge is 0.333 e. The number of rotatable bonds is 7. The van der Waals surface area contributed by atoms with Crippen LogP contribution in [-0.4, -0.2) is 22.6 Å². The van der Waals surface area contributed by atoms with Crippen LogP contribution in [0.15, 0.2) is 128 Å². The molecule has 5 aromatic carbocycles. The minimum absolute atomic E-state index is 0. The molecule has 0 N–H and O–H groups in total. The zero-order valence-electron chi connectivity index (χ0n) is 36.5. The van der Waals surface area contributed by atoms with Gasteiger partial charge in [0.2, 0.25) is 0 Å². The average Bonchev–Trinajstić information content (AvgIpc) is 3.79. The van der Waals surface area contributed by atoms with Gasteiger partial charge in [-0.05, 0) is 76.4 Å². The maximum absolute atomic E-state index is 7.88. The molecule has 3 nitrogen and oxygen atoms in total. The number of nitrogens with zero attached hydrogens (tertiary/aromatic N) is 3. The molecule has 0 spiro atoms. The molecule has 1 radical (unpaired) electrons. The molecule has 0 aliphatic carbocycles. The van der Waals surface area contributed by atoms with E-state index in [9.17, 15) is 0 Å². The second-order valence-electron chi connectivity index (χ2n) is 16.8. The first-order chi connectivity index (χ1) is 27.5. The van der Waals surface area contributed by atoms with Gasteiger partial charge in [-0.2, -0.15) is 0 Å². The van der Waals surface area contributed by atoms with Gasteiger partial charge in [0, 0.05) is 36.1 Å². The molecule has 0 atom stereocenters. The summed E-state index contributed by atoms with van der Waals surface area (Å²) in [5.74, 6) is 1.42. The molecular formula is C50H51IrN3SSi-2. The van der Waals surface area contributed by atoms with Crippen molar-refractivity contribution < 1.29 is 24.2 Å². The molecule has 0 saturated heterocycles. The summed E-state index contributed by atoms with van der Waals surface area (Å²) < 4.78 is 26.8. The van der Waals surface area contributed by atoms with Crippen molar-refractivity contribution in [3.05, 3.63) is 156 Å². The summed E-state index contributed by atoms with van der Waals surface area (Å²) >= 11 is 1.48. The fourth-order valence-corrected chi connectivity index (χ4v) is 9.45. The number of imidazole rings is 1. The van der Waals surface area contributed by atoms with Gasteiger partial charge in [-0.15, -0.1) is 47.3 Å². The first kappa shape index (κ1) is 37.1. The molecule has 0 aliphatic rings. The number of hydrogen-bond acceptors (Lipinski definition) is 3. The molecule has 3 heterocycles. The number of hydrogen-bond donors (Lipinski definition) is 0. The van der Waals surface area contributed by atoms with E-state index in [1.165, 1.54) is 33.2 Å². The van der Waals surface area contributed by atoms with E-state index in [1.807, 2.05) is 42.5 Å². The number of para-hydroxylation sites is 2. The topological polar surface area (TPSA) is 30.7 Å². The molecule has 0 bridgehead atoms. The second kappa shape index (κ2) is 17.0. The van der Waals surface area contributed by atoms with Gasteiger partial charge >= 0.3 is 0 Å². The van der Waals surface area contributed by atoms with Gasteiger partial charge in [0.25, 0.3) is 0 Å². The molecule has 6 heteroatoms. The number of pyridine rings is 1. The predicted octanol–water partition coefficient (Wildman–Crippen LogP) is 13.3. The normalized spacial score (nSPS) is 12.8. The van der Waals surface area contributed by atoms with Gasteiger partial charge in [-0.1, -0.05) is 148 Å².